The van der Waals surface area contributed by atoms with Crippen LogP contribution in [0.5, 0.6) is 0 Å². The smallest absolute Gasteiger partial charge is 0.139 e. The lowest BCUT2D eigenvalue weighted by Crippen LogP contribution is -2.42. The van der Waals surface area contributed by atoms with Gasteiger partial charge in [-0.15, -0.1) is 0 Å². The van der Waals surface area contributed by atoms with Crippen molar-refractivity contribution in [3.8, 4) is 0 Å². The van der Waals surface area contributed by atoms with Crippen molar-refractivity contribution in [1.29, 1.82) is 0 Å². The van der Waals surface area contributed by atoms with E-state index in [1.54, 1.807) is 0 Å². The van der Waals surface area contributed by atoms with Gasteiger partial charge in [-0.3, -0.25) is 0 Å². The van der Waals surface area contributed by atoms with E-state index < -0.39 is 0 Å². The summed E-state index contributed by atoms with van der Waals surface area (Å²) in [4.78, 5) is 7.53. The average Bonchev–Trinajstić information content (AvgIpc) is 2.84. The molecular formula is C14H19N3OS. The van der Waals surface area contributed by atoms with Crippen molar-refractivity contribution in [3.63, 3.8) is 0 Å². The van der Waals surface area contributed by atoms with Gasteiger partial charge in [0.05, 0.1) is 18.3 Å². The zero-order chi connectivity index (χ0) is 13.4. The molecule has 0 bridgehead atoms. The maximum absolute atomic E-state index is 5.88. The molecule has 1 aromatic heterocycles. The van der Waals surface area contributed by atoms with E-state index in [4.69, 9.17) is 27.7 Å². The van der Waals surface area contributed by atoms with E-state index in [2.05, 4.69) is 17.9 Å². The fourth-order valence-corrected chi connectivity index (χ4v) is 3.04. The predicted molar refractivity (Wildman–Crippen MR) is 79.8 cm³/mol. The number of ether oxygens (including phenoxy) is 1. The third kappa shape index (κ3) is 2.44. The lowest BCUT2D eigenvalue weighted by Gasteiger charge is -2.33. The summed E-state index contributed by atoms with van der Waals surface area (Å²) in [6, 6.07) is 2.15. The second-order valence-electron chi connectivity index (χ2n) is 5.31. The maximum atomic E-state index is 5.88. The van der Waals surface area contributed by atoms with E-state index in [1.165, 1.54) is 17.7 Å². The lowest BCUT2D eigenvalue weighted by molar-refractivity contribution is 0.0529. The first-order valence-corrected chi connectivity index (χ1v) is 7.25. The Labute approximate surface area is 118 Å². The molecule has 102 valence electrons. The van der Waals surface area contributed by atoms with Crippen molar-refractivity contribution >= 4 is 23.0 Å². The van der Waals surface area contributed by atoms with Crippen LogP contribution in [0.3, 0.4) is 0 Å². The number of thiocarbonyl (C=S) groups is 1. The Morgan fingerprint density at radius 1 is 1.53 bits per heavy atom. The second kappa shape index (κ2) is 5.06. The van der Waals surface area contributed by atoms with E-state index in [-0.39, 0.29) is 6.10 Å². The normalized spacial score (nSPS) is 22.4. The Hall–Kier alpha value is -1.20. The Morgan fingerprint density at radius 3 is 3.11 bits per heavy atom. The molecule has 2 heterocycles. The first-order valence-electron chi connectivity index (χ1n) is 6.84. The van der Waals surface area contributed by atoms with Crippen LogP contribution in [0.4, 0.5) is 5.82 Å². The van der Waals surface area contributed by atoms with E-state index in [1.807, 2.05) is 0 Å². The lowest BCUT2D eigenvalue weighted by atomic mass is 10.1. The van der Waals surface area contributed by atoms with Gasteiger partial charge in [-0.2, -0.15) is 0 Å². The molecule has 1 aliphatic carbocycles. The minimum Gasteiger partial charge on any atom is -0.389 e. The Bertz CT molecular complexity index is 518. The highest BCUT2D eigenvalue weighted by Crippen LogP contribution is 2.28. The number of aromatic nitrogens is 1. The summed E-state index contributed by atoms with van der Waals surface area (Å²) in [5.74, 6) is 0.948. The fraction of sp³-hybridized carbons (Fsp3) is 0.571. The number of nitrogens with two attached hydrogens (primary N) is 1. The molecule has 1 saturated heterocycles. The van der Waals surface area contributed by atoms with Crippen LogP contribution in [0.2, 0.25) is 0 Å². The summed E-state index contributed by atoms with van der Waals surface area (Å²) in [5.41, 5.74) is 9.33. The van der Waals surface area contributed by atoms with Gasteiger partial charge in [0.1, 0.15) is 10.8 Å². The summed E-state index contributed by atoms with van der Waals surface area (Å²) in [6.45, 7) is 4.52. The van der Waals surface area contributed by atoms with E-state index in [0.717, 1.165) is 43.9 Å². The van der Waals surface area contributed by atoms with Crippen LogP contribution in [0.15, 0.2) is 6.07 Å². The largest absolute Gasteiger partial charge is 0.389 e. The van der Waals surface area contributed by atoms with Gasteiger partial charge in [0.2, 0.25) is 0 Å². The first kappa shape index (κ1) is 12.8. The maximum Gasteiger partial charge on any atom is 0.139 e. The summed E-state index contributed by atoms with van der Waals surface area (Å²) in [5, 5.41) is 0. The van der Waals surface area contributed by atoms with Gasteiger partial charge in [0.25, 0.3) is 0 Å². The van der Waals surface area contributed by atoms with Crippen molar-refractivity contribution in [3.05, 3.63) is 22.9 Å². The standard InChI is InChI=1S/C14H19N3OS/c1-9-8-17(5-6-18-9)14-11(13(15)19)7-10-3-2-4-12(10)16-14/h7,9H,2-6,8H2,1H3,(H2,15,19). The van der Waals surface area contributed by atoms with Gasteiger partial charge >= 0.3 is 0 Å². The highest BCUT2D eigenvalue weighted by Gasteiger charge is 2.24. The van der Waals surface area contributed by atoms with Gasteiger partial charge in [-0.05, 0) is 37.8 Å². The second-order valence-corrected chi connectivity index (χ2v) is 5.75. The van der Waals surface area contributed by atoms with Crippen LogP contribution < -0.4 is 10.6 Å². The topological polar surface area (TPSA) is 51.4 Å². The van der Waals surface area contributed by atoms with Crippen LogP contribution in [0.1, 0.15) is 30.2 Å². The van der Waals surface area contributed by atoms with Gasteiger partial charge in [0.15, 0.2) is 0 Å². The number of morpholine rings is 1. The molecule has 4 nitrogen and oxygen atoms in total. The Kier molecular flexibility index (Phi) is 3.41. The number of pyridine rings is 1. The molecular weight excluding hydrogens is 258 g/mol. The van der Waals surface area contributed by atoms with Gasteiger partial charge < -0.3 is 15.4 Å². The number of hydrogen-bond donors (Lipinski definition) is 1. The van der Waals surface area contributed by atoms with Crippen LogP contribution >= 0.6 is 12.2 Å². The molecule has 1 fully saturated rings. The monoisotopic (exact) mass is 277 g/mol. The third-order valence-corrected chi connectivity index (χ3v) is 4.06. The quantitative estimate of drug-likeness (QED) is 0.829. The molecule has 1 unspecified atom stereocenters. The summed E-state index contributed by atoms with van der Waals surface area (Å²) in [7, 11) is 0. The number of rotatable bonds is 2. The van der Waals surface area contributed by atoms with Crippen LogP contribution in [-0.2, 0) is 17.6 Å². The number of fused-ring (bicyclic) bond motifs is 1. The molecule has 0 saturated carbocycles. The van der Waals surface area contributed by atoms with E-state index in [9.17, 15) is 0 Å². The van der Waals surface area contributed by atoms with Crippen molar-refractivity contribution in [2.75, 3.05) is 24.6 Å². The molecule has 1 aromatic rings. The molecule has 1 atom stereocenters. The summed E-state index contributed by atoms with van der Waals surface area (Å²) >= 11 is 5.20. The zero-order valence-electron chi connectivity index (χ0n) is 11.2. The first-order chi connectivity index (χ1) is 9.15. The molecule has 0 spiro atoms. The molecule has 2 N–H and O–H groups in total. The molecule has 2 aliphatic rings. The van der Waals surface area contributed by atoms with E-state index in [0.29, 0.717) is 4.99 Å². The SMILES string of the molecule is CC1CN(c2nc3c(cc2C(N)=S)CCC3)CCO1. The molecule has 0 amide bonds. The van der Waals surface area contributed by atoms with Crippen molar-refractivity contribution in [2.24, 2.45) is 5.73 Å². The zero-order valence-corrected chi connectivity index (χ0v) is 12.0. The number of nitrogens with zero attached hydrogens (tertiary/aromatic N) is 2. The number of anilines is 1. The van der Waals surface area contributed by atoms with Gasteiger partial charge in [-0.1, -0.05) is 12.2 Å². The van der Waals surface area contributed by atoms with Gasteiger partial charge in [0, 0.05) is 18.8 Å². The van der Waals surface area contributed by atoms with Crippen LogP contribution in [0, 0.1) is 0 Å². The van der Waals surface area contributed by atoms with Crippen molar-refractivity contribution in [2.45, 2.75) is 32.3 Å². The minimum atomic E-state index is 0.225. The molecule has 3 rings (SSSR count). The Balaban J connectivity index is 2.01. The van der Waals surface area contributed by atoms with Crippen LogP contribution in [0.25, 0.3) is 0 Å². The number of aryl methyl sites for hydroxylation is 2. The highest BCUT2D eigenvalue weighted by molar-refractivity contribution is 7.80. The van der Waals surface area contributed by atoms with Crippen molar-refractivity contribution in [1.82, 2.24) is 4.98 Å². The predicted octanol–water partition coefficient (Wildman–Crippen LogP) is 1.43. The van der Waals surface area contributed by atoms with E-state index >= 15 is 0 Å². The third-order valence-electron chi connectivity index (χ3n) is 3.84. The average molecular weight is 277 g/mol. The summed E-state index contributed by atoms with van der Waals surface area (Å²) < 4.78 is 5.59. The molecule has 5 heteroatoms. The van der Waals surface area contributed by atoms with Gasteiger partial charge in [-0.25, -0.2) is 4.98 Å². The Morgan fingerprint density at radius 2 is 2.37 bits per heavy atom. The summed E-state index contributed by atoms with van der Waals surface area (Å²) in [6.07, 6.45) is 3.57. The molecule has 0 radical (unpaired) electrons. The minimum absolute atomic E-state index is 0.225. The molecule has 0 aromatic carbocycles. The van der Waals surface area contributed by atoms with Crippen molar-refractivity contribution < 1.29 is 4.74 Å². The fourth-order valence-electron chi connectivity index (χ4n) is 2.89. The molecule has 19 heavy (non-hydrogen) atoms. The highest BCUT2D eigenvalue weighted by atomic mass is 32.1. The van der Waals surface area contributed by atoms with Crippen LogP contribution in [-0.4, -0.2) is 35.8 Å². The molecule has 1 aliphatic heterocycles. The number of hydrogen-bond acceptors (Lipinski definition) is 4.